The second-order valence-corrected chi connectivity index (χ2v) is 3.41. The molecule has 1 aliphatic heterocycles. The zero-order chi connectivity index (χ0) is 10.8. The van der Waals surface area contributed by atoms with Gasteiger partial charge in [0, 0.05) is 0 Å². The van der Waals surface area contributed by atoms with E-state index in [4.69, 9.17) is 9.47 Å². The van der Waals surface area contributed by atoms with E-state index in [1.165, 1.54) is 0 Å². The maximum absolute atomic E-state index is 11.4. The third-order valence-corrected chi connectivity index (χ3v) is 2.38. The monoisotopic (exact) mass is 210 g/mol. The summed E-state index contributed by atoms with van der Waals surface area (Å²) in [6, 6.07) is 1.74. The molecule has 1 aliphatic rings. The van der Waals surface area contributed by atoms with E-state index in [1.807, 2.05) is 6.92 Å². The van der Waals surface area contributed by atoms with Crippen LogP contribution in [-0.2, 0) is 16.0 Å². The molecule has 0 spiro atoms. The van der Waals surface area contributed by atoms with Gasteiger partial charge in [0.05, 0.1) is 31.6 Å². The number of ether oxygens (including phenoxy) is 2. The molecule has 0 N–H and O–H groups in total. The van der Waals surface area contributed by atoms with Crippen molar-refractivity contribution in [2.45, 2.75) is 26.5 Å². The maximum atomic E-state index is 11.4. The van der Waals surface area contributed by atoms with E-state index in [2.05, 4.69) is 5.10 Å². The highest BCUT2D eigenvalue weighted by atomic mass is 16.5. The number of fused-ring (bicyclic) bond motifs is 1. The summed E-state index contributed by atoms with van der Waals surface area (Å²) >= 11 is 0. The van der Waals surface area contributed by atoms with E-state index in [0.717, 1.165) is 5.69 Å². The normalized spacial score (nSPS) is 19.7. The second kappa shape index (κ2) is 4.02. The molecule has 5 nitrogen and oxygen atoms in total. The first-order chi connectivity index (χ1) is 7.22. The van der Waals surface area contributed by atoms with Crippen molar-refractivity contribution in [3.8, 4) is 0 Å². The van der Waals surface area contributed by atoms with Gasteiger partial charge in [-0.25, -0.2) is 4.79 Å². The highest BCUT2D eigenvalue weighted by molar-refractivity contribution is 5.87. The third-order valence-electron chi connectivity index (χ3n) is 2.38. The lowest BCUT2D eigenvalue weighted by molar-refractivity contribution is 0.0286. The van der Waals surface area contributed by atoms with E-state index in [9.17, 15) is 4.79 Å². The van der Waals surface area contributed by atoms with Gasteiger partial charge in [-0.1, -0.05) is 0 Å². The average Bonchev–Trinajstić information content (AvgIpc) is 2.63. The van der Waals surface area contributed by atoms with Crippen molar-refractivity contribution in [1.82, 2.24) is 9.78 Å². The van der Waals surface area contributed by atoms with Crippen LogP contribution in [0.5, 0.6) is 0 Å². The lowest BCUT2D eigenvalue weighted by Crippen LogP contribution is -2.20. The molecule has 1 atom stereocenters. The van der Waals surface area contributed by atoms with Crippen molar-refractivity contribution in [2.75, 3.05) is 13.2 Å². The highest BCUT2D eigenvalue weighted by Crippen LogP contribution is 2.22. The lowest BCUT2D eigenvalue weighted by Gasteiger charge is -2.20. The van der Waals surface area contributed by atoms with E-state index in [-0.39, 0.29) is 12.1 Å². The molecule has 5 heteroatoms. The molecule has 1 aromatic heterocycles. The molecule has 2 heterocycles. The molecule has 15 heavy (non-hydrogen) atoms. The molecular weight excluding hydrogens is 196 g/mol. The van der Waals surface area contributed by atoms with Gasteiger partial charge >= 0.3 is 5.97 Å². The molecule has 0 fully saturated rings. The Balaban J connectivity index is 2.25. The Bertz CT molecular complexity index is 373. The van der Waals surface area contributed by atoms with Gasteiger partial charge in [-0.05, 0) is 19.9 Å². The smallest absolute Gasteiger partial charge is 0.358 e. The molecular formula is C10H14N2O3. The van der Waals surface area contributed by atoms with Gasteiger partial charge in [-0.2, -0.15) is 5.10 Å². The fraction of sp³-hybridized carbons (Fsp3) is 0.600. The van der Waals surface area contributed by atoms with E-state index >= 15 is 0 Å². The molecule has 2 rings (SSSR count). The minimum absolute atomic E-state index is 0.00516. The molecule has 0 aromatic carbocycles. The summed E-state index contributed by atoms with van der Waals surface area (Å²) in [5, 5.41) is 4.18. The van der Waals surface area contributed by atoms with Crippen LogP contribution in [0, 0.1) is 0 Å². The first-order valence-corrected chi connectivity index (χ1v) is 5.09. The largest absolute Gasteiger partial charge is 0.461 e. The molecule has 0 saturated carbocycles. The standard InChI is InChI=1S/C10H14N2O3/c1-3-14-10(13)8-6-9-7(2)15-5-4-12(9)11-8/h6-7H,3-5H2,1-2H3. The molecule has 82 valence electrons. The van der Waals surface area contributed by atoms with Gasteiger partial charge in [-0.3, -0.25) is 4.68 Å². The average molecular weight is 210 g/mol. The quantitative estimate of drug-likeness (QED) is 0.687. The molecule has 0 aliphatic carbocycles. The minimum Gasteiger partial charge on any atom is -0.461 e. The van der Waals surface area contributed by atoms with E-state index < -0.39 is 0 Å². The van der Waals surface area contributed by atoms with Gasteiger partial charge in [-0.15, -0.1) is 0 Å². The van der Waals surface area contributed by atoms with Gasteiger partial charge in [0.1, 0.15) is 0 Å². The lowest BCUT2D eigenvalue weighted by atomic mass is 10.2. The summed E-state index contributed by atoms with van der Waals surface area (Å²) in [4.78, 5) is 11.4. The first-order valence-electron chi connectivity index (χ1n) is 5.09. The molecule has 0 amide bonds. The molecule has 1 aromatic rings. The summed E-state index contributed by atoms with van der Waals surface area (Å²) in [5.74, 6) is -0.369. The zero-order valence-electron chi connectivity index (χ0n) is 8.90. The summed E-state index contributed by atoms with van der Waals surface area (Å²) in [6.45, 7) is 5.42. The number of aromatic nitrogens is 2. The number of carbonyl (C=O) groups excluding carboxylic acids is 1. The number of carbonyl (C=O) groups is 1. The minimum atomic E-state index is -0.369. The van der Waals surface area contributed by atoms with Crippen molar-refractivity contribution in [1.29, 1.82) is 0 Å². The SMILES string of the molecule is CCOC(=O)c1cc2n(n1)CCOC2C. The third kappa shape index (κ3) is 1.87. The van der Waals surface area contributed by atoms with Crippen molar-refractivity contribution in [2.24, 2.45) is 0 Å². The first kappa shape index (κ1) is 10.2. The molecule has 0 saturated heterocycles. The topological polar surface area (TPSA) is 53.4 Å². The van der Waals surface area contributed by atoms with Crippen molar-refractivity contribution in [3.63, 3.8) is 0 Å². The Labute approximate surface area is 88.0 Å². The van der Waals surface area contributed by atoms with Crippen LogP contribution in [0.2, 0.25) is 0 Å². The van der Waals surface area contributed by atoms with Crippen LogP contribution in [-0.4, -0.2) is 29.0 Å². The van der Waals surface area contributed by atoms with Crippen LogP contribution < -0.4 is 0 Å². The van der Waals surface area contributed by atoms with Gasteiger partial charge in [0.2, 0.25) is 0 Å². The van der Waals surface area contributed by atoms with Gasteiger partial charge in [0.15, 0.2) is 5.69 Å². The second-order valence-electron chi connectivity index (χ2n) is 3.41. The number of esters is 1. The molecule has 0 radical (unpaired) electrons. The van der Waals surface area contributed by atoms with Crippen molar-refractivity contribution < 1.29 is 14.3 Å². The van der Waals surface area contributed by atoms with Crippen molar-refractivity contribution >= 4 is 5.97 Å². The Morgan fingerprint density at radius 2 is 2.60 bits per heavy atom. The Hall–Kier alpha value is -1.36. The predicted octanol–water partition coefficient (Wildman–Crippen LogP) is 1.15. The zero-order valence-corrected chi connectivity index (χ0v) is 8.90. The van der Waals surface area contributed by atoms with Crippen molar-refractivity contribution in [3.05, 3.63) is 17.5 Å². The van der Waals surface area contributed by atoms with Crippen LogP contribution in [0.25, 0.3) is 0 Å². The van der Waals surface area contributed by atoms with E-state index in [1.54, 1.807) is 17.7 Å². The van der Waals surface area contributed by atoms with Crippen LogP contribution in [0.1, 0.15) is 36.1 Å². The summed E-state index contributed by atoms with van der Waals surface area (Å²) in [7, 11) is 0. The van der Waals surface area contributed by atoms with Gasteiger partial charge in [0.25, 0.3) is 0 Å². The van der Waals surface area contributed by atoms with Crippen LogP contribution in [0.4, 0.5) is 0 Å². The highest BCUT2D eigenvalue weighted by Gasteiger charge is 2.22. The fourth-order valence-electron chi connectivity index (χ4n) is 1.64. The van der Waals surface area contributed by atoms with E-state index in [0.29, 0.717) is 25.5 Å². The predicted molar refractivity (Wildman–Crippen MR) is 52.6 cm³/mol. The van der Waals surface area contributed by atoms with Crippen LogP contribution in [0.3, 0.4) is 0 Å². The van der Waals surface area contributed by atoms with Crippen LogP contribution >= 0.6 is 0 Å². The van der Waals surface area contributed by atoms with Crippen LogP contribution in [0.15, 0.2) is 6.07 Å². The number of hydrogen-bond donors (Lipinski definition) is 0. The Morgan fingerprint density at radius 3 is 3.27 bits per heavy atom. The van der Waals surface area contributed by atoms with Gasteiger partial charge < -0.3 is 9.47 Å². The molecule has 1 unspecified atom stereocenters. The molecule has 0 bridgehead atoms. The maximum Gasteiger partial charge on any atom is 0.358 e. The number of nitrogens with zero attached hydrogens (tertiary/aromatic N) is 2. The fourth-order valence-corrected chi connectivity index (χ4v) is 1.64. The summed E-state index contributed by atoms with van der Waals surface area (Å²) in [6.07, 6.45) is -0.00516. The number of rotatable bonds is 2. The summed E-state index contributed by atoms with van der Waals surface area (Å²) in [5.41, 5.74) is 1.30. The summed E-state index contributed by atoms with van der Waals surface area (Å²) < 4.78 is 12.1. The Kier molecular flexibility index (Phi) is 2.73. The Morgan fingerprint density at radius 1 is 1.80 bits per heavy atom. The number of hydrogen-bond acceptors (Lipinski definition) is 4.